The predicted octanol–water partition coefficient (Wildman–Crippen LogP) is 18.6. The number of phosphoric ester groups is 1. The van der Waals surface area contributed by atoms with Gasteiger partial charge in [-0.3, -0.25) is 14.2 Å². The van der Waals surface area contributed by atoms with E-state index in [0.717, 1.165) is 70.6 Å². The molecule has 0 aromatic rings. The maximum atomic E-state index is 13.5. The van der Waals surface area contributed by atoms with Gasteiger partial charge in [0, 0.05) is 12.8 Å². The lowest BCUT2D eigenvalue weighted by molar-refractivity contribution is -0.870. The first-order valence-electron chi connectivity index (χ1n) is 31.4. The van der Waals surface area contributed by atoms with Gasteiger partial charge in [0.15, 0.2) is 0 Å². The maximum Gasteiger partial charge on any atom is 0.306 e. The van der Waals surface area contributed by atoms with Crippen LogP contribution in [0.4, 0.5) is 0 Å². The Labute approximate surface area is 458 Å². The van der Waals surface area contributed by atoms with Crippen molar-refractivity contribution in [1.29, 1.82) is 0 Å². The molecule has 0 aliphatic rings. The Kier molecular flexibility index (Phi) is 52.8. The van der Waals surface area contributed by atoms with Gasteiger partial charge in [-0.1, -0.05) is 262 Å². The first kappa shape index (κ1) is 72.0. The summed E-state index contributed by atoms with van der Waals surface area (Å²) in [5.41, 5.74) is 0. The number of nitrogens with zero attached hydrogens (tertiary/aromatic N) is 1. The number of esters is 1. The summed E-state index contributed by atoms with van der Waals surface area (Å²) in [6.45, 7) is 6.83. The van der Waals surface area contributed by atoms with E-state index in [1.807, 2.05) is 33.3 Å². The Bertz CT molecular complexity index is 1410. The molecule has 9 nitrogen and oxygen atoms in total. The fourth-order valence-corrected chi connectivity index (χ4v) is 9.84. The molecular formula is C64H121N2O7P. The van der Waals surface area contributed by atoms with Crippen LogP contribution in [0.3, 0.4) is 0 Å². The van der Waals surface area contributed by atoms with Crippen molar-refractivity contribution in [1.82, 2.24) is 5.32 Å². The molecule has 1 N–H and O–H groups in total. The van der Waals surface area contributed by atoms with Gasteiger partial charge in [-0.15, -0.1) is 0 Å². The average molecular weight is 1060 g/mol. The van der Waals surface area contributed by atoms with Gasteiger partial charge < -0.3 is 28.5 Å². The van der Waals surface area contributed by atoms with E-state index in [-0.39, 0.29) is 31.5 Å². The first-order valence-corrected chi connectivity index (χ1v) is 32.9. The lowest BCUT2D eigenvalue weighted by Gasteiger charge is -2.30. The standard InChI is InChI=1S/C64H121N2O7P/c1-7-10-13-16-19-22-25-27-28-29-30-31-32-33-34-35-36-37-38-39-42-45-48-51-54-57-64(68)73-62(55-52-49-46-43-41-26-23-20-17-14-11-8-2)61(60-72-74(69,70)71-59-58-66(4,5)6)65-63(67)56-53-50-47-44-40-24-21-18-15-12-9-3/h19,22,27-28,30-31,52,55,61-62H,7-18,20-21,23-26,29,32-51,53-54,56-60H2,1-6H3,(H-,65,67,69,70)/b22-19-,28-27-,31-30-,55-52-. The molecule has 0 aliphatic heterocycles. The zero-order valence-electron chi connectivity index (χ0n) is 49.6. The van der Waals surface area contributed by atoms with E-state index in [9.17, 15) is 19.0 Å². The highest BCUT2D eigenvalue weighted by Crippen LogP contribution is 2.38. The van der Waals surface area contributed by atoms with E-state index in [4.69, 9.17) is 13.8 Å². The van der Waals surface area contributed by atoms with Crippen molar-refractivity contribution in [3.05, 3.63) is 48.6 Å². The number of hydrogen-bond donors (Lipinski definition) is 1. The zero-order valence-corrected chi connectivity index (χ0v) is 50.4. The van der Waals surface area contributed by atoms with E-state index in [2.05, 4.69) is 62.5 Å². The molecule has 0 saturated carbocycles. The van der Waals surface area contributed by atoms with Gasteiger partial charge in [0.1, 0.15) is 19.3 Å². The molecule has 0 bridgehead atoms. The van der Waals surface area contributed by atoms with Crippen molar-refractivity contribution >= 4 is 19.7 Å². The molecule has 0 spiro atoms. The molecule has 1 amide bonds. The van der Waals surface area contributed by atoms with Gasteiger partial charge in [-0.2, -0.15) is 0 Å². The third kappa shape index (κ3) is 54.7. The van der Waals surface area contributed by atoms with Crippen molar-refractivity contribution in [2.75, 3.05) is 40.9 Å². The van der Waals surface area contributed by atoms with Gasteiger partial charge >= 0.3 is 5.97 Å². The smallest absolute Gasteiger partial charge is 0.306 e. The van der Waals surface area contributed by atoms with E-state index in [1.54, 1.807) is 0 Å². The quantitative estimate of drug-likeness (QED) is 0.0212. The highest BCUT2D eigenvalue weighted by atomic mass is 31.2. The first-order chi connectivity index (χ1) is 35.9. The van der Waals surface area contributed by atoms with Crippen molar-refractivity contribution in [2.24, 2.45) is 0 Å². The van der Waals surface area contributed by atoms with Crippen LogP contribution in [0.5, 0.6) is 0 Å². The van der Waals surface area contributed by atoms with E-state index in [0.29, 0.717) is 17.4 Å². The number of carbonyl (C=O) groups is 2. The third-order valence-electron chi connectivity index (χ3n) is 14.0. The van der Waals surface area contributed by atoms with Gasteiger partial charge in [0.2, 0.25) is 5.91 Å². The van der Waals surface area contributed by atoms with E-state index >= 15 is 0 Å². The topological polar surface area (TPSA) is 114 Å². The fraction of sp³-hybridized carbons (Fsp3) is 0.844. The maximum absolute atomic E-state index is 13.5. The molecule has 0 fully saturated rings. The largest absolute Gasteiger partial charge is 0.756 e. The molecule has 434 valence electrons. The lowest BCUT2D eigenvalue weighted by atomic mass is 10.0. The predicted molar refractivity (Wildman–Crippen MR) is 316 cm³/mol. The molecule has 0 aromatic carbocycles. The van der Waals surface area contributed by atoms with Crippen LogP contribution in [-0.2, 0) is 27.9 Å². The number of phosphoric acid groups is 1. The van der Waals surface area contributed by atoms with Crippen molar-refractivity contribution in [3.63, 3.8) is 0 Å². The Morgan fingerprint density at radius 2 is 0.824 bits per heavy atom. The average Bonchev–Trinajstić information content (AvgIpc) is 3.36. The summed E-state index contributed by atoms with van der Waals surface area (Å²) in [5, 5.41) is 3.02. The summed E-state index contributed by atoms with van der Waals surface area (Å²) in [5.74, 6) is -0.534. The number of hydrogen-bond acceptors (Lipinski definition) is 7. The second-order valence-electron chi connectivity index (χ2n) is 22.6. The van der Waals surface area contributed by atoms with Crippen LogP contribution < -0.4 is 10.2 Å². The van der Waals surface area contributed by atoms with Crippen molar-refractivity contribution in [2.45, 2.75) is 309 Å². The Morgan fingerprint density at radius 1 is 0.473 bits per heavy atom. The molecule has 0 aromatic heterocycles. The van der Waals surface area contributed by atoms with Crippen LogP contribution in [0.25, 0.3) is 0 Å². The Hall–Kier alpha value is -2.03. The molecule has 0 aliphatic carbocycles. The third-order valence-corrected chi connectivity index (χ3v) is 15.0. The van der Waals surface area contributed by atoms with Crippen molar-refractivity contribution in [3.8, 4) is 0 Å². The number of nitrogens with one attached hydrogen (secondary N) is 1. The summed E-state index contributed by atoms with van der Waals surface area (Å²) in [4.78, 5) is 39.9. The summed E-state index contributed by atoms with van der Waals surface area (Å²) in [6.07, 6.45) is 66.5. The van der Waals surface area contributed by atoms with Crippen LogP contribution in [0.1, 0.15) is 297 Å². The second-order valence-corrected chi connectivity index (χ2v) is 24.0. The SMILES string of the molecule is CCCCC/C=C\C/C=C\C/C=C\CCCCCCCCCCCCCCC(=O)OC(/C=C\CCCCCCCCCCCC)C(COP(=O)([O-])OCC[N+](C)(C)C)NC(=O)CCCCCCCCCCCCC. The number of ether oxygens (including phenoxy) is 1. The molecule has 74 heavy (non-hydrogen) atoms. The van der Waals surface area contributed by atoms with Gasteiger partial charge in [-0.25, -0.2) is 0 Å². The number of likely N-dealkylation sites (N-methyl/N-ethyl adjacent to an activating group) is 1. The van der Waals surface area contributed by atoms with Crippen LogP contribution >= 0.6 is 7.82 Å². The van der Waals surface area contributed by atoms with Crippen LogP contribution in [0, 0.1) is 0 Å². The van der Waals surface area contributed by atoms with E-state index in [1.165, 1.54) is 193 Å². The van der Waals surface area contributed by atoms with E-state index < -0.39 is 20.0 Å². The van der Waals surface area contributed by atoms with Crippen LogP contribution in [-0.4, -0.2) is 69.4 Å². The van der Waals surface area contributed by atoms with Crippen molar-refractivity contribution < 1.29 is 37.3 Å². The molecule has 3 atom stereocenters. The minimum absolute atomic E-state index is 0.0210. The molecule has 0 rings (SSSR count). The summed E-state index contributed by atoms with van der Waals surface area (Å²) in [7, 11) is 1.19. The molecule has 10 heteroatoms. The number of allylic oxidation sites excluding steroid dienone is 7. The summed E-state index contributed by atoms with van der Waals surface area (Å²) >= 11 is 0. The highest BCUT2D eigenvalue weighted by molar-refractivity contribution is 7.45. The second kappa shape index (κ2) is 54.3. The van der Waals surface area contributed by atoms with Gasteiger partial charge in [0.25, 0.3) is 7.82 Å². The highest BCUT2D eigenvalue weighted by Gasteiger charge is 2.27. The number of rotatable bonds is 57. The summed E-state index contributed by atoms with van der Waals surface area (Å²) < 4.78 is 30.3. The van der Waals surface area contributed by atoms with Crippen LogP contribution in [0.2, 0.25) is 0 Å². The monoisotopic (exact) mass is 1060 g/mol. The number of amides is 1. The fourth-order valence-electron chi connectivity index (χ4n) is 9.12. The lowest BCUT2D eigenvalue weighted by Crippen LogP contribution is -2.47. The normalized spacial score (nSPS) is 14.0. The Balaban J connectivity index is 5.06. The molecule has 0 radical (unpaired) electrons. The Morgan fingerprint density at radius 3 is 1.26 bits per heavy atom. The number of carbonyl (C=O) groups excluding carboxylic acids is 2. The minimum atomic E-state index is -4.69. The molecular weight excluding hydrogens is 940 g/mol. The zero-order chi connectivity index (χ0) is 54.3. The van der Waals surface area contributed by atoms with Gasteiger partial charge in [-0.05, 0) is 70.3 Å². The van der Waals surface area contributed by atoms with Crippen LogP contribution in [0.15, 0.2) is 48.6 Å². The molecule has 0 saturated heterocycles. The molecule has 0 heterocycles. The number of unbranched alkanes of at least 4 members (excludes halogenated alkanes) is 35. The summed E-state index contributed by atoms with van der Waals surface area (Å²) in [6, 6.07) is -0.884. The number of quaternary nitrogens is 1. The van der Waals surface area contributed by atoms with Gasteiger partial charge in [0.05, 0.1) is 33.8 Å². The molecule has 3 unspecified atom stereocenters. The minimum Gasteiger partial charge on any atom is -0.756 e.